The van der Waals surface area contributed by atoms with Crippen molar-refractivity contribution in [3.05, 3.63) is 65.7 Å². The van der Waals surface area contributed by atoms with Crippen molar-refractivity contribution in [1.82, 2.24) is 0 Å². The average Bonchev–Trinajstić information content (AvgIpc) is 3.21. The van der Waals surface area contributed by atoms with Gasteiger partial charge in [-0.25, -0.2) is 0 Å². The van der Waals surface area contributed by atoms with Crippen molar-refractivity contribution in [3.63, 3.8) is 0 Å². The summed E-state index contributed by atoms with van der Waals surface area (Å²) in [5.41, 5.74) is 2.27. The molecule has 1 fully saturated rings. The Kier molecular flexibility index (Phi) is 10.6. The van der Waals surface area contributed by atoms with Crippen LogP contribution in [0.25, 0.3) is 0 Å². The Morgan fingerprint density at radius 3 is 2.28 bits per heavy atom. The van der Waals surface area contributed by atoms with Crippen LogP contribution in [0.1, 0.15) is 51.7 Å². The topological polar surface area (TPSA) is 46.2 Å². The van der Waals surface area contributed by atoms with Crippen LogP contribution < -0.4 is 4.74 Å². The summed E-state index contributed by atoms with van der Waals surface area (Å²) in [5, 5.41) is 0.218. The SMILES string of the molecule is COc1ccc(COC[C@@H](OCc2ccccc2)[C@@H]2C[C@H](C)[C@@H](CCO[Si](C)(C)C(C)(C)C)O2)cc1. The van der Waals surface area contributed by atoms with Crippen molar-refractivity contribution in [3.8, 4) is 5.75 Å². The molecule has 4 atom stereocenters. The Labute approximate surface area is 219 Å². The van der Waals surface area contributed by atoms with Gasteiger partial charge in [0.1, 0.15) is 11.9 Å². The van der Waals surface area contributed by atoms with E-state index in [1.165, 1.54) is 0 Å². The van der Waals surface area contributed by atoms with E-state index in [0.29, 0.717) is 25.7 Å². The molecule has 1 saturated heterocycles. The molecule has 3 rings (SSSR count). The van der Waals surface area contributed by atoms with Gasteiger partial charge in [-0.05, 0) is 60.2 Å². The highest BCUT2D eigenvalue weighted by Gasteiger charge is 2.40. The third-order valence-electron chi connectivity index (χ3n) is 7.69. The zero-order chi connectivity index (χ0) is 26.2. The fraction of sp³-hybridized carbons (Fsp3) is 0.600. The number of rotatable bonds is 13. The molecule has 2 aromatic carbocycles. The van der Waals surface area contributed by atoms with Crippen LogP contribution in [0.2, 0.25) is 18.1 Å². The first-order valence-corrected chi connectivity index (χ1v) is 16.2. The molecular weight excluding hydrogens is 468 g/mol. The van der Waals surface area contributed by atoms with Gasteiger partial charge in [0, 0.05) is 6.61 Å². The summed E-state index contributed by atoms with van der Waals surface area (Å²) in [6, 6.07) is 18.3. The Hall–Kier alpha value is -1.70. The Morgan fingerprint density at radius 1 is 0.972 bits per heavy atom. The molecule has 5 nitrogen and oxygen atoms in total. The van der Waals surface area contributed by atoms with Gasteiger partial charge in [-0.2, -0.15) is 0 Å². The van der Waals surface area contributed by atoms with Crippen molar-refractivity contribution in [2.75, 3.05) is 20.3 Å². The molecule has 0 spiro atoms. The van der Waals surface area contributed by atoms with E-state index >= 15 is 0 Å². The Morgan fingerprint density at radius 2 is 1.64 bits per heavy atom. The molecule has 0 aromatic heterocycles. The summed E-state index contributed by atoms with van der Waals surface area (Å²) in [7, 11) is -0.0758. The minimum atomic E-state index is -1.75. The largest absolute Gasteiger partial charge is 0.497 e. The number of ether oxygens (including phenoxy) is 4. The van der Waals surface area contributed by atoms with E-state index in [0.717, 1.165) is 36.3 Å². The normalized spacial score (nSPS) is 21.5. The summed E-state index contributed by atoms with van der Waals surface area (Å²) in [4.78, 5) is 0. The fourth-order valence-corrected chi connectivity index (χ4v) is 5.29. The maximum Gasteiger partial charge on any atom is 0.191 e. The van der Waals surface area contributed by atoms with Crippen molar-refractivity contribution in [1.29, 1.82) is 0 Å². The summed E-state index contributed by atoms with van der Waals surface area (Å²) in [5.74, 6) is 1.31. The second-order valence-electron chi connectivity index (χ2n) is 11.5. The predicted octanol–water partition coefficient (Wildman–Crippen LogP) is 7.00. The second kappa shape index (κ2) is 13.2. The van der Waals surface area contributed by atoms with Crippen LogP contribution in [-0.2, 0) is 31.9 Å². The zero-order valence-electron chi connectivity index (χ0n) is 23.3. The van der Waals surface area contributed by atoms with Crippen LogP contribution >= 0.6 is 0 Å². The first-order chi connectivity index (χ1) is 17.1. The van der Waals surface area contributed by atoms with Gasteiger partial charge < -0.3 is 23.4 Å². The molecule has 2 aromatic rings. The lowest BCUT2D eigenvalue weighted by Crippen LogP contribution is -2.41. The van der Waals surface area contributed by atoms with Crippen molar-refractivity contribution >= 4 is 8.32 Å². The maximum atomic E-state index is 6.57. The Balaban J connectivity index is 1.56. The minimum absolute atomic E-state index is 0.0115. The third kappa shape index (κ3) is 8.42. The summed E-state index contributed by atoms with van der Waals surface area (Å²) < 4.78 is 30.8. The lowest BCUT2D eigenvalue weighted by Gasteiger charge is -2.36. The summed E-state index contributed by atoms with van der Waals surface area (Å²) >= 11 is 0. The van der Waals surface area contributed by atoms with E-state index in [1.807, 2.05) is 42.5 Å². The van der Waals surface area contributed by atoms with Gasteiger partial charge in [-0.15, -0.1) is 0 Å². The smallest absolute Gasteiger partial charge is 0.191 e. The van der Waals surface area contributed by atoms with E-state index in [4.69, 9.17) is 23.4 Å². The zero-order valence-corrected chi connectivity index (χ0v) is 24.3. The van der Waals surface area contributed by atoms with Crippen LogP contribution in [0, 0.1) is 5.92 Å². The maximum absolute atomic E-state index is 6.57. The van der Waals surface area contributed by atoms with E-state index in [2.05, 4.69) is 52.9 Å². The van der Waals surface area contributed by atoms with E-state index < -0.39 is 8.32 Å². The van der Waals surface area contributed by atoms with Crippen LogP contribution in [0.3, 0.4) is 0 Å². The highest BCUT2D eigenvalue weighted by Crippen LogP contribution is 2.37. The van der Waals surface area contributed by atoms with Crippen LogP contribution in [0.5, 0.6) is 5.75 Å². The number of benzene rings is 2. The monoisotopic (exact) mass is 514 g/mol. The molecule has 0 N–H and O–H groups in total. The first kappa shape index (κ1) is 28.9. The van der Waals surface area contributed by atoms with Crippen molar-refractivity contribution < 1.29 is 23.4 Å². The van der Waals surface area contributed by atoms with Crippen molar-refractivity contribution in [2.45, 2.75) is 90.2 Å². The third-order valence-corrected chi connectivity index (χ3v) is 12.2. The molecule has 36 heavy (non-hydrogen) atoms. The molecule has 0 aliphatic carbocycles. The average molecular weight is 515 g/mol. The van der Waals surface area contributed by atoms with Gasteiger partial charge in [0.05, 0.1) is 39.1 Å². The molecule has 200 valence electrons. The first-order valence-electron chi connectivity index (χ1n) is 13.2. The van der Waals surface area contributed by atoms with Crippen LogP contribution in [0.4, 0.5) is 0 Å². The van der Waals surface area contributed by atoms with Gasteiger partial charge >= 0.3 is 0 Å². The molecule has 0 radical (unpaired) electrons. The Bertz CT molecular complexity index is 894. The van der Waals surface area contributed by atoms with E-state index in [9.17, 15) is 0 Å². The molecule has 0 bridgehead atoms. The van der Waals surface area contributed by atoms with Crippen LogP contribution in [-0.4, -0.2) is 47.0 Å². The van der Waals surface area contributed by atoms with Gasteiger partial charge in [0.25, 0.3) is 0 Å². The molecule has 1 aliphatic heterocycles. The molecule has 1 heterocycles. The molecule has 0 unspecified atom stereocenters. The molecule has 1 aliphatic rings. The van der Waals surface area contributed by atoms with Gasteiger partial charge in [0.15, 0.2) is 8.32 Å². The van der Waals surface area contributed by atoms with Gasteiger partial charge in [0.2, 0.25) is 0 Å². The second-order valence-corrected chi connectivity index (χ2v) is 16.3. The highest BCUT2D eigenvalue weighted by atomic mass is 28.4. The molecule has 6 heteroatoms. The standard InChI is InChI=1S/C30H46O5Si/c1-23-19-28(35-27(23)17-18-34-36(6,7)30(2,3)4)29(33-21-24-11-9-8-10-12-24)22-32-20-25-13-15-26(31-5)16-14-25/h8-16,23,27-29H,17-22H2,1-7H3/t23-,27+,28-,29+/m0/s1. The molecule has 0 saturated carbocycles. The summed E-state index contributed by atoms with van der Waals surface area (Å²) in [6.45, 7) is 16.1. The number of methoxy groups -OCH3 is 1. The lowest BCUT2D eigenvalue weighted by atomic mass is 9.98. The quantitative estimate of drug-likeness (QED) is 0.269. The fourth-order valence-electron chi connectivity index (χ4n) is 4.23. The lowest BCUT2D eigenvalue weighted by molar-refractivity contribution is -0.110. The van der Waals surface area contributed by atoms with E-state index in [1.54, 1.807) is 7.11 Å². The van der Waals surface area contributed by atoms with Crippen LogP contribution in [0.15, 0.2) is 54.6 Å². The van der Waals surface area contributed by atoms with Gasteiger partial charge in [-0.1, -0.05) is 70.2 Å². The molecular formula is C30H46O5Si. The minimum Gasteiger partial charge on any atom is -0.497 e. The summed E-state index contributed by atoms with van der Waals surface area (Å²) in [6.07, 6.45) is 1.96. The molecule has 0 amide bonds. The van der Waals surface area contributed by atoms with Crippen molar-refractivity contribution in [2.24, 2.45) is 5.92 Å². The highest BCUT2D eigenvalue weighted by molar-refractivity contribution is 6.74. The van der Waals surface area contributed by atoms with Gasteiger partial charge in [-0.3, -0.25) is 0 Å². The predicted molar refractivity (Wildman–Crippen MR) is 148 cm³/mol. The number of hydrogen-bond acceptors (Lipinski definition) is 5. The van der Waals surface area contributed by atoms with E-state index in [-0.39, 0.29) is 23.4 Å². The number of hydrogen-bond donors (Lipinski definition) is 0.